The molecule has 1 fully saturated rings. The van der Waals surface area contributed by atoms with Crippen molar-refractivity contribution in [1.29, 1.82) is 5.26 Å². The molecule has 1 saturated carbocycles. The van der Waals surface area contributed by atoms with E-state index in [-0.39, 0.29) is 11.3 Å². The van der Waals surface area contributed by atoms with E-state index >= 15 is 0 Å². The zero-order chi connectivity index (χ0) is 13.7. The van der Waals surface area contributed by atoms with Crippen LogP contribution in [0.5, 0.6) is 0 Å². The zero-order valence-electron chi connectivity index (χ0n) is 10.6. The van der Waals surface area contributed by atoms with Crippen LogP contribution in [-0.2, 0) is 0 Å². The number of anilines is 1. The molecule has 0 heterocycles. The fourth-order valence-electron chi connectivity index (χ4n) is 1.81. The maximum absolute atomic E-state index is 10.7. The van der Waals surface area contributed by atoms with Gasteiger partial charge in [0.2, 0.25) is 0 Å². The number of hydrogen-bond acceptors (Lipinski definition) is 5. The summed E-state index contributed by atoms with van der Waals surface area (Å²) in [6.45, 7) is 1.75. The van der Waals surface area contributed by atoms with Crippen molar-refractivity contribution in [2.75, 3.05) is 18.4 Å². The molecule has 6 heteroatoms. The highest BCUT2D eigenvalue weighted by Gasteiger charge is 2.19. The van der Waals surface area contributed by atoms with Gasteiger partial charge in [-0.15, -0.1) is 0 Å². The van der Waals surface area contributed by atoms with E-state index in [1.807, 2.05) is 6.07 Å². The Balaban J connectivity index is 1.82. The Labute approximate surface area is 111 Å². The lowest BCUT2D eigenvalue weighted by Crippen LogP contribution is -2.19. The van der Waals surface area contributed by atoms with Gasteiger partial charge in [0.05, 0.1) is 4.92 Å². The summed E-state index contributed by atoms with van der Waals surface area (Å²) >= 11 is 0. The van der Waals surface area contributed by atoms with E-state index in [2.05, 4.69) is 10.6 Å². The number of benzene rings is 1. The first-order chi connectivity index (χ1) is 9.20. The lowest BCUT2D eigenvalue weighted by atomic mass is 10.1. The molecule has 19 heavy (non-hydrogen) atoms. The van der Waals surface area contributed by atoms with Crippen LogP contribution in [0.15, 0.2) is 18.2 Å². The summed E-state index contributed by atoms with van der Waals surface area (Å²) in [4.78, 5) is 10.1. The third-order valence-corrected chi connectivity index (χ3v) is 3.01. The first-order valence-electron chi connectivity index (χ1n) is 6.36. The molecule has 1 aliphatic carbocycles. The molecular weight excluding hydrogens is 244 g/mol. The van der Waals surface area contributed by atoms with Crippen LogP contribution >= 0.6 is 0 Å². The van der Waals surface area contributed by atoms with E-state index in [9.17, 15) is 10.1 Å². The summed E-state index contributed by atoms with van der Waals surface area (Å²) < 4.78 is 0. The molecule has 0 saturated heterocycles. The second-order valence-electron chi connectivity index (χ2n) is 4.61. The van der Waals surface area contributed by atoms with Crippen molar-refractivity contribution >= 4 is 11.4 Å². The van der Waals surface area contributed by atoms with Gasteiger partial charge in [-0.3, -0.25) is 10.1 Å². The molecular formula is C13H16N4O2. The van der Waals surface area contributed by atoms with Crippen molar-refractivity contribution in [3.63, 3.8) is 0 Å². The van der Waals surface area contributed by atoms with Crippen LogP contribution < -0.4 is 10.6 Å². The molecule has 1 aromatic carbocycles. The number of nitro groups is 1. The molecule has 0 bridgehead atoms. The summed E-state index contributed by atoms with van der Waals surface area (Å²) in [5, 5.41) is 26.1. The first kappa shape index (κ1) is 13.3. The van der Waals surface area contributed by atoms with Gasteiger partial charge in [0.1, 0.15) is 11.6 Å². The van der Waals surface area contributed by atoms with Crippen LogP contribution in [0.4, 0.5) is 11.4 Å². The fourth-order valence-corrected chi connectivity index (χ4v) is 1.81. The molecule has 0 aliphatic heterocycles. The van der Waals surface area contributed by atoms with Gasteiger partial charge in [0.25, 0.3) is 5.69 Å². The van der Waals surface area contributed by atoms with Crippen LogP contribution in [0.3, 0.4) is 0 Å². The normalized spacial score (nSPS) is 13.8. The van der Waals surface area contributed by atoms with Gasteiger partial charge >= 0.3 is 0 Å². The largest absolute Gasteiger partial charge is 0.385 e. The van der Waals surface area contributed by atoms with Gasteiger partial charge in [-0.25, -0.2) is 0 Å². The average Bonchev–Trinajstić information content (AvgIpc) is 3.22. The maximum atomic E-state index is 10.7. The first-order valence-corrected chi connectivity index (χ1v) is 6.36. The van der Waals surface area contributed by atoms with Crippen molar-refractivity contribution in [3.8, 4) is 6.07 Å². The predicted molar refractivity (Wildman–Crippen MR) is 71.9 cm³/mol. The quantitative estimate of drug-likeness (QED) is 0.444. The molecule has 0 unspecified atom stereocenters. The van der Waals surface area contributed by atoms with E-state index < -0.39 is 4.92 Å². The lowest BCUT2D eigenvalue weighted by Gasteiger charge is -2.07. The number of hydrogen-bond donors (Lipinski definition) is 2. The van der Waals surface area contributed by atoms with Gasteiger partial charge in [-0.05, 0) is 37.9 Å². The molecule has 6 nitrogen and oxygen atoms in total. The van der Waals surface area contributed by atoms with Crippen molar-refractivity contribution in [2.45, 2.75) is 25.3 Å². The van der Waals surface area contributed by atoms with Crippen LogP contribution in [0.2, 0.25) is 0 Å². The molecule has 0 atom stereocenters. The summed E-state index contributed by atoms with van der Waals surface area (Å²) in [7, 11) is 0. The molecule has 1 aliphatic rings. The van der Waals surface area contributed by atoms with Crippen LogP contribution in [0.25, 0.3) is 0 Å². The summed E-state index contributed by atoms with van der Waals surface area (Å²) in [5.41, 5.74) is 0.683. The molecule has 0 amide bonds. The van der Waals surface area contributed by atoms with Gasteiger partial charge < -0.3 is 10.6 Å². The van der Waals surface area contributed by atoms with Crippen molar-refractivity contribution in [2.24, 2.45) is 0 Å². The number of nitro benzene ring substituents is 1. The smallest absolute Gasteiger partial charge is 0.287 e. The number of rotatable bonds is 7. The van der Waals surface area contributed by atoms with E-state index in [1.54, 1.807) is 6.07 Å². The Kier molecular flexibility index (Phi) is 4.31. The molecule has 100 valence electrons. The van der Waals surface area contributed by atoms with E-state index in [1.165, 1.54) is 25.0 Å². The Morgan fingerprint density at radius 2 is 2.21 bits per heavy atom. The molecule has 0 spiro atoms. The molecule has 0 radical (unpaired) electrons. The second-order valence-corrected chi connectivity index (χ2v) is 4.61. The van der Waals surface area contributed by atoms with Gasteiger partial charge in [0.15, 0.2) is 0 Å². The number of nitriles is 1. The molecule has 0 aromatic heterocycles. The van der Waals surface area contributed by atoms with Gasteiger partial charge in [-0.2, -0.15) is 5.26 Å². The molecule has 1 aromatic rings. The monoisotopic (exact) mass is 260 g/mol. The average molecular weight is 260 g/mol. The number of nitrogens with zero attached hydrogens (tertiary/aromatic N) is 2. The van der Waals surface area contributed by atoms with Gasteiger partial charge in [-0.1, -0.05) is 0 Å². The van der Waals surface area contributed by atoms with E-state index in [4.69, 9.17) is 5.26 Å². The lowest BCUT2D eigenvalue weighted by molar-refractivity contribution is -0.385. The summed E-state index contributed by atoms with van der Waals surface area (Å²) in [5.74, 6) is 0. The van der Waals surface area contributed by atoms with Crippen LogP contribution in [0.1, 0.15) is 24.8 Å². The summed E-state index contributed by atoms with van der Waals surface area (Å²) in [6.07, 6.45) is 3.54. The molecule has 2 rings (SSSR count). The third-order valence-electron chi connectivity index (χ3n) is 3.01. The minimum absolute atomic E-state index is 0.0890. The topological polar surface area (TPSA) is 91.0 Å². The SMILES string of the molecule is N#Cc1cc(NCCCNC2CC2)ccc1[N+](=O)[O-]. The predicted octanol–water partition coefficient (Wildman–Crippen LogP) is 2.02. The standard InChI is InChI=1S/C13H16N4O2/c14-9-10-8-12(4-5-13(10)17(18)19)16-7-1-6-15-11-2-3-11/h4-5,8,11,15-16H,1-3,6-7H2. The Morgan fingerprint density at radius 1 is 1.42 bits per heavy atom. The minimum Gasteiger partial charge on any atom is -0.385 e. The van der Waals surface area contributed by atoms with Crippen LogP contribution in [0, 0.1) is 21.4 Å². The summed E-state index contributed by atoms with van der Waals surface area (Å²) in [6, 6.07) is 7.08. The van der Waals surface area contributed by atoms with Crippen molar-refractivity contribution < 1.29 is 4.92 Å². The maximum Gasteiger partial charge on any atom is 0.287 e. The van der Waals surface area contributed by atoms with Crippen LogP contribution in [-0.4, -0.2) is 24.1 Å². The van der Waals surface area contributed by atoms with E-state index in [0.29, 0.717) is 6.04 Å². The fraction of sp³-hybridized carbons (Fsp3) is 0.462. The van der Waals surface area contributed by atoms with Gasteiger partial charge in [0, 0.05) is 24.3 Å². The number of nitrogens with one attached hydrogen (secondary N) is 2. The minimum atomic E-state index is -0.540. The highest BCUT2D eigenvalue weighted by Crippen LogP contribution is 2.21. The molecule has 2 N–H and O–H groups in total. The highest BCUT2D eigenvalue weighted by atomic mass is 16.6. The van der Waals surface area contributed by atoms with Crippen molar-refractivity contribution in [1.82, 2.24) is 5.32 Å². The zero-order valence-corrected chi connectivity index (χ0v) is 10.6. The third kappa shape index (κ3) is 3.93. The highest BCUT2D eigenvalue weighted by molar-refractivity contribution is 5.58. The van der Waals surface area contributed by atoms with E-state index in [0.717, 1.165) is 25.2 Å². The Hall–Kier alpha value is -2.13. The second kappa shape index (κ2) is 6.16. The van der Waals surface area contributed by atoms with Crippen molar-refractivity contribution in [3.05, 3.63) is 33.9 Å². The Bertz CT molecular complexity index is 506. The Morgan fingerprint density at radius 3 is 2.84 bits per heavy atom.